The largest absolute Gasteiger partial charge is 0.326 e. The van der Waals surface area contributed by atoms with Crippen molar-refractivity contribution < 1.29 is 9.59 Å². The van der Waals surface area contributed by atoms with Crippen molar-refractivity contribution in [2.75, 3.05) is 10.6 Å². The van der Waals surface area contributed by atoms with Crippen molar-refractivity contribution in [2.45, 2.75) is 32.2 Å². The molecule has 2 atom stereocenters. The summed E-state index contributed by atoms with van der Waals surface area (Å²) in [4.78, 5) is 28.4. The van der Waals surface area contributed by atoms with Gasteiger partial charge in [-0.15, -0.1) is 0 Å². The van der Waals surface area contributed by atoms with Gasteiger partial charge in [0, 0.05) is 17.8 Å². The number of amides is 2. The fraction of sp³-hybridized carbons (Fsp3) is 0.238. The van der Waals surface area contributed by atoms with Crippen molar-refractivity contribution in [1.29, 1.82) is 0 Å². The average Bonchev–Trinajstić information content (AvgIpc) is 3.24. The minimum absolute atomic E-state index is 0.0482. The maximum Gasteiger partial charge on any atom is 0.249 e. The molecule has 144 valence electrons. The maximum absolute atomic E-state index is 12.3. The quantitative estimate of drug-likeness (QED) is 0.658. The summed E-state index contributed by atoms with van der Waals surface area (Å²) >= 11 is 0. The van der Waals surface area contributed by atoms with Crippen LogP contribution in [0.4, 0.5) is 11.4 Å². The van der Waals surface area contributed by atoms with E-state index in [-0.39, 0.29) is 17.7 Å². The number of hydrogen-bond donors (Lipinski definition) is 2. The van der Waals surface area contributed by atoms with Gasteiger partial charge in [-0.05, 0) is 42.7 Å². The molecule has 0 bridgehead atoms. The number of carbonyl (C=O) groups is 2. The van der Waals surface area contributed by atoms with Crippen molar-refractivity contribution in [3.8, 4) is 0 Å². The Kier molecular flexibility index (Phi) is 6.16. The Balaban J connectivity index is 1.52. The van der Waals surface area contributed by atoms with E-state index < -0.39 is 6.04 Å². The molecule has 2 unspecified atom stereocenters. The predicted octanol–water partition coefficient (Wildman–Crippen LogP) is 3.61. The van der Waals surface area contributed by atoms with Crippen molar-refractivity contribution in [1.82, 2.24) is 14.8 Å². The Bertz CT molecular complexity index is 908. The minimum Gasteiger partial charge on any atom is -0.326 e. The number of aromatic nitrogens is 3. The molecule has 1 aromatic heterocycles. The molecule has 7 heteroatoms. The van der Waals surface area contributed by atoms with Crippen LogP contribution in [0.3, 0.4) is 0 Å². The molecule has 0 saturated carbocycles. The van der Waals surface area contributed by atoms with Gasteiger partial charge in [-0.2, -0.15) is 5.10 Å². The first-order chi connectivity index (χ1) is 13.5. The molecule has 2 amide bonds. The summed E-state index contributed by atoms with van der Waals surface area (Å²) in [5.41, 5.74) is 2.47. The lowest BCUT2D eigenvalue weighted by Crippen LogP contribution is -2.24. The average molecular weight is 377 g/mol. The van der Waals surface area contributed by atoms with Gasteiger partial charge in [-0.1, -0.05) is 37.3 Å². The van der Waals surface area contributed by atoms with Crippen LogP contribution in [0.15, 0.2) is 67.3 Å². The van der Waals surface area contributed by atoms with E-state index in [1.54, 1.807) is 31.2 Å². The zero-order chi connectivity index (χ0) is 19.9. The maximum atomic E-state index is 12.3. The summed E-state index contributed by atoms with van der Waals surface area (Å²) in [6.45, 7) is 3.77. The van der Waals surface area contributed by atoms with Crippen LogP contribution in [0, 0.1) is 0 Å². The number of benzene rings is 2. The van der Waals surface area contributed by atoms with E-state index in [9.17, 15) is 9.59 Å². The number of carbonyl (C=O) groups excluding carboxylic acids is 2. The van der Waals surface area contributed by atoms with Crippen LogP contribution in [-0.4, -0.2) is 26.6 Å². The fourth-order valence-corrected chi connectivity index (χ4v) is 2.81. The summed E-state index contributed by atoms with van der Waals surface area (Å²) in [5, 5.41) is 9.69. The molecule has 28 heavy (non-hydrogen) atoms. The first kappa shape index (κ1) is 19.3. The molecule has 0 fully saturated rings. The van der Waals surface area contributed by atoms with Crippen molar-refractivity contribution in [3.63, 3.8) is 0 Å². The number of nitrogens with zero attached hydrogens (tertiary/aromatic N) is 3. The molecular formula is C21H23N5O2. The molecule has 0 radical (unpaired) electrons. The van der Waals surface area contributed by atoms with Crippen LogP contribution in [0.25, 0.3) is 0 Å². The molecule has 1 heterocycles. The highest BCUT2D eigenvalue weighted by Crippen LogP contribution is 2.20. The highest BCUT2D eigenvalue weighted by Gasteiger charge is 2.15. The van der Waals surface area contributed by atoms with Crippen molar-refractivity contribution in [2.24, 2.45) is 0 Å². The predicted molar refractivity (Wildman–Crippen MR) is 108 cm³/mol. The van der Waals surface area contributed by atoms with Crippen LogP contribution in [-0.2, 0) is 9.59 Å². The summed E-state index contributed by atoms with van der Waals surface area (Å²) < 4.78 is 1.48. The highest BCUT2D eigenvalue weighted by atomic mass is 16.2. The summed E-state index contributed by atoms with van der Waals surface area (Å²) in [6, 6.07) is 16.5. The Morgan fingerprint density at radius 1 is 0.964 bits per heavy atom. The van der Waals surface area contributed by atoms with Gasteiger partial charge in [0.15, 0.2) is 0 Å². The van der Waals surface area contributed by atoms with Crippen LogP contribution in [0.1, 0.15) is 37.8 Å². The van der Waals surface area contributed by atoms with Crippen molar-refractivity contribution in [3.05, 3.63) is 72.8 Å². The third-order valence-corrected chi connectivity index (χ3v) is 4.51. The number of nitrogens with one attached hydrogen (secondary N) is 2. The third kappa shape index (κ3) is 5.03. The zero-order valence-electron chi connectivity index (χ0n) is 15.9. The SMILES string of the molecule is CC(CC(=O)Nc1ccc(NC(=O)C(C)n2cncn2)cc1)c1ccccc1. The molecule has 0 aliphatic carbocycles. The molecular weight excluding hydrogens is 354 g/mol. The Labute approximate surface area is 163 Å². The number of hydrogen-bond acceptors (Lipinski definition) is 4. The summed E-state index contributed by atoms with van der Waals surface area (Å²) in [6.07, 6.45) is 3.29. The Morgan fingerprint density at radius 3 is 2.21 bits per heavy atom. The lowest BCUT2D eigenvalue weighted by Gasteiger charge is -2.13. The summed E-state index contributed by atoms with van der Waals surface area (Å²) in [7, 11) is 0. The lowest BCUT2D eigenvalue weighted by atomic mass is 9.97. The molecule has 3 rings (SSSR count). The van der Waals surface area contributed by atoms with Gasteiger partial charge in [-0.3, -0.25) is 9.59 Å². The van der Waals surface area contributed by atoms with E-state index in [0.29, 0.717) is 17.8 Å². The smallest absolute Gasteiger partial charge is 0.249 e. The zero-order valence-corrected chi connectivity index (χ0v) is 15.9. The highest BCUT2D eigenvalue weighted by molar-refractivity contribution is 5.94. The van der Waals surface area contributed by atoms with Gasteiger partial charge in [0.1, 0.15) is 18.7 Å². The van der Waals surface area contributed by atoms with Crippen LogP contribution in [0.2, 0.25) is 0 Å². The fourth-order valence-electron chi connectivity index (χ4n) is 2.81. The molecule has 7 nitrogen and oxygen atoms in total. The van der Waals surface area contributed by atoms with Gasteiger partial charge in [-0.25, -0.2) is 9.67 Å². The molecule has 0 aliphatic heterocycles. The Morgan fingerprint density at radius 2 is 1.61 bits per heavy atom. The van der Waals surface area contributed by atoms with Gasteiger partial charge in [0.2, 0.25) is 11.8 Å². The lowest BCUT2D eigenvalue weighted by molar-refractivity contribution is -0.119. The molecule has 0 aliphatic rings. The van der Waals surface area contributed by atoms with E-state index in [4.69, 9.17) is 0 Å². The first-order valence-corrected chi connectivity index (χ1v) is 9.13. The van der Waals surface area contributed by atoms with E-state index in [1.165, 1.54) is 17.3 Å². The molecule has 3 aromatic rings. The second-order valence-electron chi connectivity index (χ2n) is 6.68. The van der Waals surface area contributed by atoms with Gasteiger partial charge in [0.25, 0.3) is 0 Å². The molecule has 0 spiro atoms. The van der Waals surface area contributed by atoms with Gasteiger partial charge in [0.05, 0.1) is 0 Å². The number of anilines is 2. The van der Waals surface area contributed by atoms with Crippen LogP contribution >= 0.6 is 0 Å². The van der Waals surface area contributed by atoms with E-state index in [2.05, 4.69) is 20.7 Å². The number of rotatable bonds is 7. The van der Waals surface area contributed by atoms with E-state index in [0.717, 1.165) is 5.56 Å². The normalized spacial score (nSPS) is 12.8. The second kappa shape index (κ2) is 8.94. The van der Waals surface area contributed by atoms with Crippen LogP contribution in [0.5, 0.6) is 0 Å². The monoisotopic (exact) mass is 377 g/mol. The third-order valence-electron chi connectivity index (χ3n) is 4.51. The summed E-state index contributed by atoms with van der Waals surface area (Å²) in [5.74, 6) is -0.107. The van der Waals surface area contributed by atoms with E-state index in [1.807, 2.05) is 37.3 Å². The second-order valence-corrected chi connectivity index (χ2v) is 6.68. The standard InChI is InChI=1S/C21H23N5O2/c1-15(17-6-4-3-5-7-17)12-20(27)24-18-8-10-19(11-9-18)25-21(28)16(2)26-14-22-13-23-26/h3-11,13-16H,12H2,1-2H3,(H,24,27)(H,25,28). The topological polar surface area (TPSA) is 88.9 Å². The molecule has 2 aromatic carbocycles. The van der Waals surface area contributed by atoms with Crippen LogP contribution < -0.4 is 10.6 Å². The molecule has 0 saturated heterocycles. The molecule has 2 N–H and O–H groups in total. The Hall–Kier alpha value is -3.48. The minimum atomic E-state index is -0.471. The first-order valence-electron chi connectivity index (χ1n) is 9.13. The van der Waals surface area contributed by atoms with Crippen molar-refractivity contribution >= 4 is 23.2 Å². The van der Waals surface area contributed by atoms with E-state index >= 15 is 0 Å². The van der Waals surface area contributed by atoms with Gasteiger partial charge < -0.3 is 10.6 Å². The van der Waals surface area contributed by atoms with Gasteiger partial charge >= 0.3 is 0 Å².